The largest absolute Gasteiger partial charge is 0.357 e. The minimum atomic E-state index is 0. The molecule has 2 fully saturated rings. The van der Waals surface area contributed by atoms with Crippen molar-refractivity contribution in [2.45, 2.75) is 59.0 Å². The highest BCUT2D eigenvalue weighted by molar-refractivity contribution is 14.0. The smallest absolute Gasteiger partial charge is 0.191 e. The zero-order valence-corrected chi connectivity index (χ0v) is 20.4. The van der Waals surface area contributed by atoms with Crippen LogP contribution in [-0.2, 0) is 0 Å². The van der Waals surface area contributed by atoms with Crippen LogP contribution in [0.3, 0.4) is 0 Å². The summed E-state index contributed by atoms with van der Waals surface area (Å²) in [4.78, 5) is 12.6. The van der Waals surface area contributed by atoms with Crippen LogP contribution in [-0.4, -0.2) is 98.2 Å². The Balaban J connectivity index is 0.00000364. The second-order valence-corrected chi connectivity index (χ2v) is 7.80. The van der Waals surface area contributed by atoms with Crippen molar-refractivity contribution in [2.24, 2.45) is 4.99 Å². The zero-order valence-electron chi connectivity index (χ0n) is 18.0. The van der Waals surface area contributed by atoms with Gasteiger partial charge in [0.25, 0.3) is 0 Å². The van der Waals surface area contributed by atoms with Gasteiger partial charge in [0.15, 0.2) is 5.96 Å². The van der Waals surface area contributed by atoms with Gasteiger partial charge < -0.3 is 20.4 Å². The van der Waals surface area contributed by atoms with Crippen LogP contribution in [0.1, 0.15) is 47.0 Å². The van der Waals surface area contributed by atoms with Crippen LogP contribution in [0.2, 0.25) is 0 Å². The van der Waals surface area contributed by atoms with Crippen LogP contribution in [0.15, 0.2) is 4.99 Å². The number of hydrogen-bond acceptors (Lipinski definition) is 4. The molecule has 0 spiro atoms. The lowest BCUT2D eigenvalue weighted by molar-refractivity contribution is 0.109. The Hall–Kier alpha value is -0.120. The van der Waals surface area contributed by atoms with Gasteiger partial charge in [-0.3, -0.25) is 9.89 Å². The van der Waals surface area contributed by atoms with Crippen molar-refractivity contribution in [2.75, 3.05) is 65.4 Å². The molecule has 2 aliphatic heterocycles. The topological polar surface area (TPSA) is 46.1 Å². The lowest BCUT2D eigenvalue weighted by Gasteiger charge is -2.37. The van der Waals surface area contributed by atoms with E-state index in [-0.39, 0.29) is 24.0 Å². The molecule has 0 saturated carbocycles. The predicted molar refractivity (Wildman–Crippen MR) is 127 cm³/mol. The van der Waals surface area contributed by atoms with Crippen molar-refractivity contribution in [3.8, 4) is 0 Å². The summed E-state index contributed by atoms with van der Waals surface area (Å²) in [5.41, 5.74) is 0. The third kappa shape index (κ3) is 8.83. The maximum absolute atomic E-state index is 4.90. The van der Waals surface area contributed by atoms with Gasteiger partial charge in [0, 0.05) is 57.9 Å². The number of halogens is 1. The Bertz CT molecular complexity index is 403. The number of likely N-dealkylation sites (tertiary alicyclic amines) is 1. The molecular weight excluding hydrogens is 451 g/mol. The molecule has 0 aromatic heterocycles. The van der Waals surface area contributed by atoms with Gasteiger partial charge in [0.05, 0.1) is 6.54 Å². The molecule has 0 bridgehead atoms. The van der Waals surface area contributed by atoms with Gasteiger partial charge in [-0.2, -0.15) is 0 Å². The molecular formula is C20H43IN6. The normalized spacial score (nSPS) is 22.3. The van der Waals surface area contributed by atoms with Crippen LogP contribution in [0.4, 0.5) is 0 Å². The first kappa shape index (κ1) is 24.9. The first-order valence-electron chi connectivity index (χ1n) is 10.9. The van der Waals surface area contributed by atoms with E-state index in [4.69, 9.17) is 4.99 Å². The van der Waals surface area contributed by atoms with E-state index in [0.29, 0.717) is 12.1 Å². The van der Waals surface area contributed by atoms with E-state index < -0.39 is 0 Å². The van der Waals surface area contributed by atoms with Gasteiger partial charge in [0.1, 0.15) is 0 Å². The number of piperazine rings is 1. The monoisotopic (exact) mass is 494 g/mol. The maximum Gasteiger partial charge on any atom is 0.191 e. The van der Waals surface area contributed by atoms with E-state index in [1.807, 2.05) is 0 Å². The van der Waals surface area contributed by atoms with E-state index in [2.05, 4.69) is 53.0 Å². The average Bonchev–Trinajstić information content (AvgIpc) is 2.68. The molecule has 0 radical (unpaired) electrons. The maximum atomic E-state index is 4.90. The molecule has 2 N–H and O–H groups in total. The quantitative estimate of drug-likeness (QED) is 0.308. The van der Waals surface area contributed by atoms with Crippen molar-refractivity contribution in [3.63, 3.8) is 0 Å². The minimum Gasteiger partial charge on any atom is -0.357 e. The molecule has 7 heteroatoms. The van der Waals surface area contributed by atoms with Crippen molar-refractivity contribution in [1.82, 2.24) is 25.3 Å². The van der Waals surface area contributed by atoms with E-state index in [1.165, 1.54) is 71.6 Å². The van der Waals surface area contributed by atoms with Gasteiger partial charge >= 0.3 is 0 Å². The summed E-state index contributed by atoms with van der Waals surface area (Å²) in [7, 11) is 0. The van der Waals surface area contributed by atoms with E-state index in [1.54, 1.807) is 0 Å². The van der Waals surface area contributed by atoms with E-state index >= 15 is 0 Å². The lowest BCUT2D eigenvalue weighted by atomic mass is 10.1. The van der Waals surface area contributed by atoms with Crippen LogP contribution in [0.25, 0.3) is 0 Å². The molecule has 2 saturated heterocycles. The number of aliphatic imine (C=N–C) groups is 1. The second-order valence-electron chi connectivity index (χ2n) is 7.80. The molecule has 0 aromatic rings. The molecule has 0 aliphatic carbocycles. The molecule has 2 aliphatic rings. The number of piperidine rings is 1. The summed E-state index contributed by atoms with van der Waals surface area (Å²) >= 11 is 0. The van der Waals surface area contributed by atoms with Gasteiger partial charge in [-0.1, -0.05) is 13.8 Å². The SMILES string of the molecule is CCCN1CCC(NC(=NCC(C)N2CCN(CC)CC2)NCC)CC1.I. The summed E-state index contributed by atoms with van der Waals surface area (Å²) < 4.78 is 0. The van der Waals surface area contributed by atoms with Crippen molar-refractivity contribution >= 4 is 29.9 Å². The summed E-state index contributed by atoms with van der Waals surface area (Å²) in [5, 5.41) is 7.12. The summed E-state index contributed by atoms with van der Waals surface area (Å²) in [5.74, 6) is 1.00. The molecule has 1 atom stereocenters. The molecule has 0 amide bonds. The van der Waals surface area contributed by atoms with Crippen molar-refractivity contribution in [3.05, 3.63) is 0 Å². The number of nitrogens with zero attached hydrogens (tertiary/aromatic N) is 4. The second kappa shape index (κ2) is 14.0. The fraction of sp³-hybridized carbons (Fsp3) is 0.950. The van der Waals surface area contributed by atoms with Crippen LogP contribution in [0.5, 0.6) is 0 Å². The van der Waals surface area contributed by atoms with Crippen molar-refractivity contribution in [1.29, 1.82) is 0 Å². The van der Waals surface area contributed by atoms with Crippen LogP contribution < -0.4 is 10.6 Å². The molecule has 1 unspecified atom stereocenters. The number of rotatable bonds is 8. The predicted octanol–water partition coefficient (Wildman–Crippen LogP) is 2.06. The highest BCUT2D eigenvalue weighted by Gasteiger charge is 2.21. The Morgan fingerprint density at radius 1 is 1.00 bits per heavy atom. The molecule has 2 rings (SSSR count). The molecule has 0 aromatic carbocycles. The minimum absolute atomic E-state index is 0. The first-order chi connectivity index (χ1) is 12.7. The molecule has 6 nitrogen and oxygen atoms in total. The van der Waals surface area contributed by atoms with Crippen molar-refractivity contribution < 1.29 is 0 Å². The number of likely N-dealkylation sites (N-methyl/N-ethyl adjacent to an activating group) is 1. The fourth-order valence-electron chi connectivity index (χ4n) is 3.99. The average molecular weight is 495 g/mol. The van der Waals surface area contributed by atoms with Crippen LogP contribution >= 0.6 is 24.0 Å². The molecule has 2 heterocycles. The van der Waals surface area contributed by atoms with Gasteiger partial charge in [0.2, 0.25) is 0 Å². The number of guanidine groups is 1. The highest BCUT2D eigenvalue weighted by atomic mass is 127. The third-order valence-corrected chi connectivity index (χ3v) is 5.80. The van der Waals surface area contributed by atoms with Gasteiger partial charge in [-0.25, -0.2) is 0 Å². The van der Waals surface area contributed by atoms with E-state index in [0.717, 1.165) is 19.0 Å². The Kier molecular flexibility index (Phi) is 12.9. The lowest BCUT2D eigenvalue weighted by Crippen LogP contribution is -2.51. The standard InChI is InChI=1S/C20H42N6.HI/c1-5-10-25-11-8-19(9-12-25)23-20(21-6-2)22-17-18(4)26-15-13-24(7-3)14-16-26;/h18-19H,5-17H2,1-4H3,(H2,21,22,23);1H. The molecule has 160 valence electrons. The third-order valence-electron chi connectivity index (χ3n) is 5.80. The number of hydrogen-bond donors (Lipinski definition) is 2. The van der Waals surface area contributed by atoms with Gasteiger partial charge in [-0.05, 0) is 46.2 Å². The summed E-state index contributed by atoms with van der Waals surface area (Å²) in [6.07, 6.45) is 3.70. The Labute approximate surface area is 184 Å². The number of nitrogens with one attached hydrogen (secondary N) is 2. The summed E-state index contributed by atoms with van der Waals surface area (Å²) in [6, 6.07) is 1.07. The summed E-state index contributed by atoms with van der Waals surface area (Å²) in [6.45, 7) is 20.3. The highest BCUT2D eigenvalue weighted by Crippen LogP contribution is 2.11. The van der Waals surface area contributed by atoms with Crippen LogP contribution in [0, 0.1) is 0 Å². The fourth-order valence-corrected chi connectivity index (χ4v) is 3.99. The molecule has 27 heavy (non-hydrogen) atoms. The zero-order chi connectivity index (χ0) is 18.8. The van der Waals surface area contributed by atoms with Gasteiger partial charge in [-0.15, -0.1) is 24.0 Å². The Morgan fingerprint density at radius 3 is 2.22 bits per heavy atom. The Morgan fingerprint density at radius 2 is 1.67 bits per heavy atom. The van der Waals surface area contributed by atoms with E-state index in [9.17, 15) is 0 Å². The first-order valence-corrected chi connectivity index (χ1v) is 10.9.